The summed E-state index contributed by atoms with van der Waals surface area (Å²) in [6.07, 6.45) is 3.43. The Morgan fingerprint density at radius 2 is 2.04 bits per heavy atom. The molecular formula is C21H20FN3O3. The number of rotatable bonds is 6. The average molecular weight is 381 g/mol. The summed E-state index contributed by atoms with van der Waals surface area (Å²) in [6, 6.07) is 12.4. The molecule has 7 heteroatoms. The summed E-state index contributed by atoms with van der Waals surface area (Å²) in [7, 11) is 0. The van der Waals surface area contributed by atoms with Gasteiger partial charge in [-0.1, -0.05) is 37.3 Å². The number of amides is 1. The maximum atomic E-state index is 14.4. The molecule has 0 aliphatic rings. The van der Waals surface area contributed by atoms with Gasteiger partial charge in [-0.25, -0.2) is 14.9 Å². The molecule has 6 nitrogen and oxygen atoms in total. The fourth-order valence-electron chi connectivity index (χ4n) is 3.02. The van der Waals surface area contributed by atoms with Crippen molar-refractivity contribution >= 4 is 22.9 Å². The summed E-state index contributed by atoms with van der Waals surface area (Å²) < 4.78 is 16.0. The summed E-state index contributed by atoms with van der Waals surface area (Å²) in [6.45, 7) is 2.36. The van der Waals surface area contributed by atoms with Gasteiger partial charge in [0.15, 0.2) is 0 Å². The highest BCUT2D eigenvalue weighted by Crippen LogP contribution is 2.18. The van der Waals surface area contributed by atoms with Gasteiger partial charge < -0.3 is 0 Å². The second-order valence-corrected chi connectivity index (χ2v) is 6.27. The topological polar surface area (TPSA) is 84.2 Å². The number of hydroxylamine groups is 1. The molecule has 1 amide bonds. The molecule has 1 aromatic heterocycles. The first-order valence-corrected chi connectivity index (χ1v) is 8.92. The van der Waals surface area contributed by atoms with Crippen LogP contribution in [0.5, 0.6) is 0 Å². The number of carbonyl (C=O) groups is 1. The predicted octanol–water partition coefficient (Wildman–Crippen LogP) is 2.86. The van der Waals surface area contributed by atoms with Crippen molar-refractivity contribution in [3.8, 4) is 0 Å². The number of hydrogen-bond acceptors (Lipinski definition) is 4. The number of hydrogen-bond donors (Lipinski definition) is 2. The zero-order valence-electron chi connectivity index (χ0n) is 15.4. The van der Waals surface area contributed by atoms with E-state index in [1.807, 2.05) is 37.3 Å². The van der Waals surface area contributed by atoms with Gasteiger partial charge in [0, 0.05) is 24.6 Å². The van der Waals surface area contributed by atoms with Gasteiger partial charge in [0.2, 0.25) is 0 Å². The Labute approximate surface area is 160 Å². The molecule has 1 heterocycles. The Morgan fingerprint density at radius 1 is 1.29 bits per heavy atom. The van der Waals surface area contributed by atoms with E-state index in [-0.39, 0.29) is 16.5 Å². The molecule has 3 aromatic rings. The maximum Gasteiger partial charge on any atom is 0.267 e. The molecule has 0 aliphatic heterocycles. The number of carbonyl (C=O) groups excluding carboxylic acids is 1. The number of nitrogens with zero attached hydrogens (tertiary/aromatic N) is 2. The van der Waals surface area contributed by atoms with Gasteiger partial charge in [-0.2, -0.15) is 0 Å². The molecule has 28 heavy (non-hydrogen) atoms. The third kappa shape index (κ3) is 4.15. The van der Waals surface area contributed by atoms with Gasteiger partial charge >= 0.3 is 0 Å². The van der Waals surface area contributed by atoms with E-state index >= 15 is 0 Å². The zero-order chi connectivity index (χ0) is 20.1. The second-order valence-electron chi connectivity index (χ2n) is 6.27. The Morgan fingerprint density at radius 3 is 2.71 bits per heavy atom. The molecule has 0 atom stereocenters. The normalized spacial score (nSPS) is 11.2. The lowest BCUT2D eigenvalue weighted by Crippen LogP contribution is -2.26. The second kappa shape index (κ2) is 8.58. The van der Waals surface area contributed by atoms with Crippen LogP contribution in [0.4, 0.5) is 4.39 Å². The van der Waals surface area contributed by atoms with E-state index in [9.17, 15) is 14.0 Å². The van der Waals surface area contributed by atoms with E-state index in [2.05, 4.69) is 4.98 Å². The zero-order valence-corrected chi connectivity index (χ0v) is 15.4. The third-order valence-corrected chi connectivity index (χ3v) is 4.46. The minimum absolute atomic E-state index is 0.104. The van der Waals surface area contributed by atoms with E-state index in [1.54, 1.807) is 4.57 Å². The number of halogens is 1. The highest BCUT2D eigenvalue weighted by molar-refractivity contribution is 5.91. The fraction of sp³-hybridized carbons (Fsp3) is 0.190. The quantitative estimate of drug-likeness (QED) is 0.391. The summed E-state index contributed by atoms with van der Waals surface area (Å²) in [5.41, 5.74) is 2.72. The third-order valence-electron chi connectivity index (χ3n) is 4.46. The first kappa shape index (κ1) is 19.4. The SMILES string of the molecule is CCc1nc2cc(C=CC(=O)NO)c(F)cc2c(=O)n1CCc1ccccc1. The molecule has 144 valence electrons. The van der Waals surface area contributed by atoms with E-state index in [0.717, 1.165) is 17.7 Å². The lowest BCUT2D eigenvalue weighted by atomic mass is 10.1. The minimum Gasteiger partial charge on any atom is -0.296 e. The van der Waals surface area contributed by atoms with E-state index in [1.165, 1.54) is 17.6 Å². The van der Waals surface area contributed by atoms with Crippen LogP contribution in [0.15, 0.2) is 53.3 Å². The van der Waals surface area contributed by atoms with Gasteiger partial charge in [0.1, 0.15) is 11.6 Å². The Bertz CT molecular complexity index is 1090. The number of benzene rings is 2. The van der Waals surface area contributed by atoms with Crippen molar-refractivity contribution in [3.63, 3.8) is 0 Å². The molecule has 2 aromatic carbocycles. The van der Waals surface area contributed by atoms with Crippen LogP contribution < -0.4 is 11.0 Å². The number of aryl methyl sites for hydroxylation is 2. The smallest absolute Gasteiger partial charge is 0.267 e. The van der Waals surface area contributed by atoms with Gasteiger partial charge in [-0.3, -0.25) is 19.4 Å². The highest BCUT2D eigenvalue weighted by atomic mass is 19.1. The molecule has 3 rings (SSSR count). The van der Waals surface area contributed by atoms with Crippen LogP contribution in [0.25, 0.3) is 17.0 Å². The first-order valence-electron chi connectivity index (χ1n) is 8.92. The van der Waals surface area contributed by atoms with Gasteiger partial charge in [0.05, 0.1) is 10.9 Å². The first-order chi connectivity index (χ1) is 13.5. The van der Waals surface area contributed by atoms with Crippen molar-refractivity contribution in [1.82, 2.24) is 15.0 Å². The van der Waals surface area contributed by atoms with Crippen molar-refractivity contribution in [2.75, 3.05) is 0 Å². The lowest BCUT2D eigenvalue weighted by molar-refractivity contribution is -0.124. The molecule has 0 radical (unpaired) electrons. The van der Waals surface area contributed by atoms with E-state index in [0.29, 0.717) is 30.7 Å². The van der Waals surface area contributed by atoms with Crippen LogP contribution in [0.2, 0.25) is 0 Å². The summed E-state index contributed by atoms with van der Waals surface area (Å²) in [5.74, 6) is -0.812. The highest BCUT2D eigenvalue weighted by Gasteiger charge is 2.13. The molecule has 0 spiro atoms. The minimum atomic E-state index is -0.780. The van der Waals surface area contributed by atoms with Crippen molar-refractivity contribution in [2.24, 2.45) is 0 Å². The number of nitrogens with one attached hydrogen (secondary N) is 1. The molecular weight excluding hydrogens is 361 g/mol. The fourth-order valence-corrected chi connectivity index (χ4v) is 3.02. The van der Waals surface area contributed by atoms with Crippen LogP contribution >= 0.6 is 0 Å². The molecule has 0 saturated carbocycles. The molecule has 0 fully saturated rings. The monoisotopic (exact) mass is 381 g/mol. The van der Waals surface area contributed by atoms with Crippen LogP contribution in [-0.2, 0) is 24.2 Å². The van der Waals surface area contributed by atoms with Gasteiger partial charge in [-0.15, -0.1) is 0 Å². The van der Waals surface area contributed by atoms with E-state index in [4.69, 9.17) is 5.21 Å². The number of fused-ring (bicyclic) bond motifs is 1. The van der Waals surface area contributed by atoms with Crippen molar-refractivity contribution in [3.05, 3.63) is 81.7 Å². The van der Waals surface area contributed by atoms with Crippen LogP contribution in [0.3, 0.4) is 0 Å². The average Bonchev–Trinajstić information content (AvgIpc) is 2.72. The van der Waals surface area contributed by atoms with Gasteiger partial charge in [0.25, 0.3) is 11.5 Å². The lowest BCUT2D eigenvalue weighted by Gasteiger charge is -2.13. The number of aromatic nitrogens is 2. The Kier molecular flexibility index (Phi) is 5.96. The molecule has 2 N–H and O–H groups in total. The van der Waals surface area contributed by atoms with Crippen molar-refractivity contribution in [2.45, 2.75) is 26.3 Å². The van der Waals surface area contributed by atoms with Crippen molar-refractivity contribution in [1.29, 1.82) is 0 Å². The standard InChI is InChI=1S/C21H20FN3O3/c1-2-19-23-18-12-15(8-9-20(26)24-28)17(22)13-16(18)21(27)25(19)11-10-14-6-4-3-5-7-14/h3-9,12-13,28H,2,10-11H2,1H3,(H,24,26). The van der Waals surface area contributed by atoms with Crippen LogP contribution in [0, 0.1) is 5.82 Å². The van der Waals surface area contributed by atoms with Crippen LogP contribution in [0.1, 0.15) is 23.9 Å². The molecule has 0 aliphatic carbocycles. The van der Waals surface area contributed by atoms with E-state index < -0.39 is 11.7 Å². The molecule has 0 bridgehead atoms. The Hall–Kier alpha value is -3.32. The Balaban J connectivity index is 2.02. The maximum absolute atomic E-state index is 14.4. The molecule has 0 unspecified atom stereocenters. The summed E-state index contributed by atoms with van der Waals surface area (Å²) >= 11 is 0. The molecule has 0 saturated heterocycles. The van der Waals surface area contributed by atoms with Crippen molar-refractivity contribution < 1.29 is 14.4 Å². The van der Waals surface area contributed by atoms with Crippen LogP contribution in [-0.4, -0.2) is 20.7 Å². The van der Waals surface area contributed by atoms with Gasteiger partial charge in [-0.05, 0) is 30.2 Å². The summed E-state index contributed by atoms with van der Waals surface area (Å²) in [5, 5.41) is 8.71. The predicted molar refractivity (Wildman–Crippen MR) is 104 cm³/mol. The largest absolute Gasteiger partial charge is 0.296 e. The summed E-state index contributed by atoms with van der Waals surface area (Å²) in [4.78, 5) is 28.6.